The first-order valence-electron chi connectivity index (χ1n) is 9.57. The average Bonchev–Trinajstić information content (AvgIpc) is 3.29. The normalized spacial score (nSPS) is 14.6. The molecule has 148 valence electrons. The number of carbonyl (C=O) groups is 2. The summed E-state index contributed by atoms with van der Waals surface area (Å²) in [7, 11) is 0. The minimum Gasteiger partial charge on any atom is -0.343 e. The third-order valence-corrected chi connectivity index (χ3v) is 4.97. The number of likely N-dealkylation sites (tertiary alicyclic amines) is 1. The third kappa shape index (κ3) is 4.48. The van der Waals surface area contributed by atoms with Gasteiger partial charge in [0.25, 0.3) is 5.91 Å². The number of hydrogen-bond donors (Lipinski definition) is 1. The number of rotatable bonds is 5. The van der Waals surface area contributed by atoms with Gasteiger partial charge in [0.1, 0.15) is 5.69 Å². The van der Waals surface area contributed by atoms with Crippen LogP contribution in [0.1, 0.15) is 35.0 Å². The standard InChI is InChI=1S/C21H21N5O3/c27-18(14-23-20(28)15-6-2-1-3-7-15)26-12-9-16(10-13-26)21-24-19(25-29-21)17-8-4-5-11-22-17/h1-8,11,16H,9-10,12-14H2,(H,23,28). The number of carbonyl (C=O) groups excluding carboxylic acids is 2. The zero-order chi connectivity index (χ0) is 20.1. The summed E-state index contributed by atoms with van der Waals surface area (Å²) in [6.07, 6.45) is 3.16. The van der Waals surface area contributed by atoms with Gasteiger partial charge in [-0.05, 0) is 37.1 Å². The summed E-state index contributed by atoms with van der Waals surface area (Å²) >= 11 is 0. The van der Waals surface area contributed by atoms with Crippen LogP contribution in [0.3, 0.4) is 0 Å². The minimum atomic E-state index is -0.248. The van der Waals surface area contributed by atoms with E-state index >= 15 is 0 Å². The van der Waals surface area contributed by atoms with Gasteiger partial charge in [0.05, 0.1) is 6.54 Å². The Bertz CT molecular complexity index is 966. The molecular weight excluding hydrogens is 370 g/mol. The lowest BCUT2D eigenvalue weighted by Crippen LogP contribution is -2.43. The summed E-state index contributed by atoms with van der Waals surface area (Å²) in [5.74, 6) is 0.829. The van der Waals surface area contributed by atoms with Gasteiger partial charge in [0.2, 0.25) is 17.6 Å². The van der Waals surface area contributed by atoms with E-state index in [1.807, 2.05) is 24.3 Å². The second-order valence-electron chi connectivity index (χ2n) is 6.87. The van der Waals surface area contributed by atoms with Crippen LogP contribution in [-0.2, 0) is 4.79 Å². The van der Waals surface area contributed by atoms with Crippen molar-refractivity contribution in [3.8, 4) is 11.5 Å². The van der Waals surface area contributed by atoms with E-state index < -0.39 is 0 Å². The van der Waals surface area contributed by atoms with Gasteiger partial charge >= 0.3 is 0 Å². The van der Waals surface area contributed by atoms with Gasteiger partial charge in [-0.25, -0.2) is 0 Å². The van der Waals surface area contributed by atoms with E-state index in [-0.39, 0.29) is 24.3 Å². The fraction of sp³-hybridized carbons (Fsp3) is 0.286. The zero-order valence-corrected chi connectivity index (χ0v) is 15.8. The van der Waals surface area contributed by atoms with Crippen molar-refractivity contribution in [2.24, 2.45) is 0 Å². The van der Waals surface area contributed by atoms with E-state index in [4.69, 9.17) is 4.52 Å². The van der Waals surface area contributed by atoms with Crippen molar-refractivity contribution in [3.05, 3.63) is 66.2 Å². The summed E-state index contributed by atoms with van der Waals surface area (Å²) in [5.41, 5.74) is 1.21. The van der Waals surface area contributed by atoms with E-state index in [1.165, 1.54) is 0 Å². The summed E-state index contributed by atoms with van der Waals surface area (Å²) < 4.78 is 5.42. The number of piperidine rings is 1. The Morgan fingerprint density at radius 3 is 2.55 bits per heavy atom. The van der Waals surface area contributed by atoms with E-state index in [1.54, 1.807) is 35.4 Å². The zero-order valence-electron chi connectivity index (χ0n) is 15.8. The van der Waals surface area contributed by atoms with Gasteiger partial charge in [-0.3, -0.25) is 14.6 Å². The quantitative estimate of drug-likeness (QED) is 0.716. The highest BCUT2D eigenvalue weighted by Crippen LogP contribution is 2.28. The van der Waals surface area contributed by atoms with E-state index in [2.05, 4.69) is 20.4 Å². The van der Waals surface area contributed by atoms with Gasteiger partial charge in [0.15, 0.2) is 0 Å². The molecule has 1 saturated heterocycles. The highest BCUT2D eigenvalue weighted by atomic mass is 16.5. The number of nitrogens with one attached hydrogen (secondary N) is 1. The van der Waals surface area contributed by atoms with Crippen molar-refractivity contribution >= 4 is 11.8 Å². The number of benzene rings is 1. The summed E-state index contributed by atoms with van der Waals surface area (Å²) in [5, 5.41) is 6.70. The van der Waals surface area contributed by atoms with Crippen molar-refractivity contribution < 1.29 is 14.1 Å². The van der Waals surface area contributed by atoms with Crippen molar-refractivity contribution in [1.82, 2.24) is 25.3 Å². The summed E-state index contributed by atoms with van der Waals surface area (Å²) in [6.45, 7) is 1.17. The first-order valence-corrected chi connectivity index (χ1v) is 9.57. The third-order valence-electron chi connectivity index (χ3n) is 4.97. The molecule has 1 aromatic carbocycles. The van der Waals surface area contributed by atoms with Crippen LogP contribution in [0.15, 0.2) is 59.3 Å². The molecule has 0 aliphatic carbocycles. The van der Waals surface area contributed by atoms with E-state index in [9.17, 15) is 9.59 Å². The predicted molar refractivity (Wildman–Crippen MR) is 105 cm³/mol. The maximum Gasteiger partial charge on any atom is 0.251 e. The number of pyridine rings is 1. The Labute approximate surface area is 167 Å². The molecule has 0 atom stereocenters. The van der Waals surface area contributed by atoms with Crippen LogP contribution >= 0.6 is 0 Å². The molecule has 0 spiro atoms. The van der Waals surface area contributed by atoms with Gasteiger partial charge < -0.3 is 14.7 Å². The lowest BCUT2D eigenvalue weighted by atomic mass is 9.96. The highest BCUT2D eigenvalue weighted by Gasteiger charge is 2.27. The second-order valence-corrected chi connectivity index (χ2v) is 6.87. The predicted octanol–water partition coefficient (Wildman–Crippen LogP) is 2.27. The summed E-state index contributed by atoms with van der Waals surface area (Å²) in [6, 6.07) is 14.4. The SMILES string of the molecule is O=C(NCC(=O)N1CCC(c2nc(-c3ccccn3)no2)CC1)c1ccccc1. The first kappa shape index (κ1) is 18.8. The lowest BCUT2D eigenvalue weighted by molar-refractivity contribution is -0.131. The fourth-order valence-electron chi connectivity index (χ4n) is 3.34. The van der Waals surface area contributed by atoms with Crippen molar-refractivity contribution in [3.63, 3.8) is 0 Å². The molecule has 8 heteroatoms. The minimum absolute atomic E-state index is 0.0111. The molecule has 3 aromatic rings. The van der Waals surface area contributed by atoms with Gasteiger partial charge in [0, 0.05) is 30.8 Å². The Morgan fingerprint density at radius 2 is 1.83 bits per heavy atom. The number of nitrogens with zero attached hydrogens (tertiary/aromatic N) is 4. The van der Waals surface area contributed by atoms with Crippen LogP contribution in [0.4, 0.5) is 0 Å². The molecule has 4 rings (SSSR count). The smallest absolute Gasteiger partial charge is 0.251 e. The molecule has 0 unspecified atom stereocenters. The molecule has 1 fully saturated rings. The Kier molecular flexibility index (Phi) is 5.60. The van der Waals surface area contributed by atoms with Crippen LogP contribution in [-0.4, -0.2) is 51.5 Å². The lowest BCUT2D eigenvalue weighted by Gasteiger charge is -2.30. The molecule has 3 heterocycles. The van der Waals surface area contributed by atoms with Crippen LogP contribution in [0.5, 0.6) is 0 Å². The number of aromatic nitrogens is 3. The van der Waals surface area contributed by atoms with Gasteiger partial charge in [-0.1, -0.05) is 29.4 Å². The molecule has 1 aliphatic rings. The topological polar surface area (TPSA) is 101 Å². The second kappa shape index (κ2) is 8.64. The first-order chi connectivity index (χ1) is 14.2. The molecule has 1 aliphatic heterocycles. The Morgan fingerprint density at radius 1 is 1.07 bits per heavy atom. The Hall–Kier alpha value is -3.55. The highest BCUT2D eigenvalue weighted by molar-refractivity contribution is 5.96. The number of amides is 2. The fourth-order valence-corrected chi connectivity index (χ4v) is 3.34. The van der Waals surface area contributed by atoms with Crippen LogP contribution in [0.2, 0.25) is 0 Å². The molecule has 8 nitrogen and oxygen atoms in total. The molecule has 0 bridgehead atoms. The van der Waals surface area contributed by atoms with Gasteiger partial charge in [-0.2, -0.15) is 4.98 Å². The molecule has 1 N–H and O–H groups in total. The van der Waals surface area contributed by atoms with Crippen molar-refractivity contribution in [2.75, 3.05) is 19.6 Å². The van der Waals surface area contributed by atoms with Crippen molar-refractivity contribution in [2.45, 2.75) is 18.8 Å². The number of hydrogen-bond acceptors (Lipinski definition) is 6. The van der Waals surface area contributed by atoms with Crippen LogP contribution in [0.25, 0.3) is 11.5 Å². The van der Waals surface area contributed by atoms with Crippen LogP contribution in [0, 0.1) is 0 Å². The van der Waals surface area contributed by atoms with E-state index in [0.29, 0.717) is 36.1 Å². The molecule has 2 amide bonds. The largest absolute Gasteiger partial charge is 0.343 e. The molecule has 2 aromatic heterocycles. The molecule has 29 heavy (non-hydrogen) atoms. The molecular formula is C21H21N5O3. The summed E-state index contributed by atoms with van der Waals surface area (Å²) in [4.78, 5) is 34.9. The van der Waals surface area contributed by atoms with Gasteiger partial charge in [-0.15, -0.1) is 0 Å². The van der Waals surface area contributed by atoms with E-state index in [0.717, 1.165) is 12.8 Å². The Balaban J connectivity index is 1.28. The maximum atomic E-state index is 12.4. The average molecular weight is 391 g/mol. The molecule has 0 saturated carbocycles. The monoisotopic (exact) mass is 391 g/mol. The van der Waals surface area contributed by atoms with Crippen LogP contribution < -0.4 is 5.32 Å². The maximum absolute atomic E-state index is 12.4. The van der Waals surface area contributed by atoms with Crippen molar-refractivity contribution in [1.29, 1.82) is 0 Å². The molecule has 0 radical (unpaired) electrons.